The van der Waals surface area contributed by atoms with E-state index in [-0.39, 0.29) is 11.3 Å². The number of nitrogens with two attached hydrogens (primary N) is 1. The third kappa shape index (κ3) is 2.02. The van der Waals surface area contributed by atoms with Gasteiger partial charge in [0.1, 0.15) is 0 Å². The number of amides is 1. The molecule has 1 aromatic carbocycles. The molecule has 1 fully saturated rings. The summed E-state index contributed by atoms with van der Waals surface area (Å²) in [5.41, 5.74) is 9.45. The van der Waals surface area contributed by atoms with Crippen molar-refractivity contribution < 1.29 is 9.53 Å². The van der Waals surface area contributed by atoms with E-state index in [1.54, 1.807) is 0 Å². The van der Waals surface area contributed by atoms with Crippen molar-refractivity contribution in [1.29, 1.82) is 0 Å². The predicted octanol–water partition coefficient (Wildman–Crippen LogP) is 1.09. The van der Waals surface area contributed by atoms with Gasteiger partial charge in [-0.2, -0.15) is 0 Å². The van der Waals surface area contributed by atoms with E-state index in [1.807, 2.05) is 6.07 Å². The maximum atomic E-state index is 11.3. The molecule has 3 N–H and O–H groups in total. The highest BCUT2D eigenvalue weighted by molar-refractivity contribution is 5.93. The molecule has 0 bridgehead atoms. The number of anilines is 1. The molecule has 1 saturated heterocycles. The summed E-state index contributed by atoms with van der Waals surface area (Å²) in [7, 11) is 0. The number of hydrogen-bond acceptors (Lipinski definition) is 3. The van der Waals surface area contributed by atoms with Gasteiger partial charge in [0.05, 0.1) is 13.2 Å². The monoisotopic (exact) mass is 246 g/mol. The van der Waals surface area contributed by atoms with Crippen LogP contribution in [0.3, 0.4) is 0 Å². The van der Waals surface area contributed by atoms with Crippen LogP contribution in [0.5, 0.6) is 0 Å². The lowest BCUT2D eigenvalue weighted by atomic mass is 9.79. The van der Waals surface area contributed by atoms with E-state index in [0.29, 0.717) is 13.0 Å². The lowest BCUT2D eigenvalue weighted by Crippen LogP contribution is -2.49. The van der Waals surface area contributed by atoms with Gasteiger partial charge in [-0.05, 0) is 30.0 Å². The molecule has 1 aromatic rings. The van der Waals surface area contributed by atoms with Gasteiger partial charge in [0.2, 0.25) is 5.91 Å². The molecule has 0 aliphatic carbocycles. The van der Waals surface area contributed by atoms with E-state index in [9.17, 15) is 4.79 Å². The summed E-state index contributed by atoms with van der Waals surface area (Å²) in [5, 5.41) is 2.90. The molecule has 18 heavy (non-hydrogen) atoms. The fourth-order valence-electron chi connectivity index (χ4n) is 2.66. The van der Waals surface area contributed by atoms with Crippen molar-refractivity contribution in [2.45, 2.75) is 19.3 Å². The van der Waals surface area contributed by atoms with Crippen molar-refractivity contribution in [2.24, 2.45) is 11.1 Å². The van der Waals surface area contributed by atoms with Crippen molar-refractivity contribution in [3.8, 4) is 0 Å². The van der Waals surface area contributed by atoms with Gasteiger partial charge in [0.15, 0.2) is 0 Å². The molecule has 0 atom stereocenters. The third-order valence-electron chi connectivity index (χ3n) is 3.89. The van der Waals surface area contributed by atoms with Gasteiger partial charge >= 0.3 is 0 Å². The van der Waals surface area contributed by atoms with Crippen molar-refractivity contribution in [2.75, 3.05) is 25.1 Å². The van der Waals surface area contributed by atoms with E-state index >= 15 is 0 Å². The van der Waals surface area contributed by atoms with Crippen molar-refractivity contribution >= 4 is 11.6 Å². The number of fused-ring (bicyclic) bond motifs is 1. The molecule has 4 heteroatoms. The van der Waals surface area contributed by atoms with E-state index in [2.05, 4.69) is 17.4 Å². The van der Waals surface area contributed by atoms with E-state index in [0.717, 1.165) is 31.7 Å². The van der Waals surface area contributed by atoms with Gasteiger partial charge in [-0.1, -0.05) is 12.1 Å². The summed E-state index contributed by atoms with van der Waals surface area (Å²) in [4.78, 5) is 11.3. The second kappa shape index (κ2) is 4.37. The summed E-state index contributed by atoms with van der Waals surface area (Å²) >= 11 is 0. The Bertz CT molecular complexity index is 475. The van der Waals surface area contributed by atoms with Crippen LogP contribution < -0.4 is 11.1 Å². The largest absolute Gasteiger partial charge is 0.380 e. The lowest BCUT2D eigenvalue weighted by Gasteiger charge is -2.40. The summed E-state index contributed by atoms with van der Waals surface area (Å²) < 4.78 is 5.29. The average Bonchev–Trinajstić information content (AvgIpc) is 2.34. The topological polar surface area (TPSA) is 64.4 Å². The van der Waals surface area contributed by atoms with Crippen LogP contribution in [0.1, 0.15) is 17.5 Å². The zero-order valence-electron chi connectivity index (χ0n) is 10.4. The maximum absolute atomic E-state index is 11.3. The first kappa shape index (κ1) is 11.7. The Morgan fingerprint density at radius 1 is 1.33 bits per heavy atom. The quantitative estimate of drug-likeness (QED) is 0.839. The van der Waals surface area contributed by atoms with E-state index in [4.69, 9.17) is 10.5 Å². The summed E-state index contributed by atoms with van der Waals surface area (Å²) in [6.07, 6.45) is 2.38. The van der Waals surface area contributed by atoms with Crippen LogP contribution in [0, 0.1) is 5.41 Å². The first-order valence-corrected chi connectivity index (χ1v) is 6.40. The molecule has 96 valence electrons. The normalized spacial score (nSPS) is 20.8. The second-order valence-electron chi connectivity index (χ2n) is 5.41. The van der Waals surface area contributed by atoms with Gasteiger partial charge in [-0.15, -0.1) is 0 Å². The molecule has 0 unspecified atom stereocenters. The molecule has 0 saturated carbocycles. The third-order valence-corrected chi connectivity index (χ3v) is 3.89. The van der Waals surface area contributed by atoms with E-state index in [1.165, 1.54) is 11.1 Å². The molecule has 2 aliphatic heterocycles. The van der Waals surface area contributed by atoms with Crippen molar-refractivity contribution in [1.82, 2.24) is 0 Å². The van der Waals surface area contributed by atoms with Crippen molar-refractivity contribution in [3.05, 3.63) is 29.3 Å². The summed E-state index contributed by atoms with van der Waals surface area (Å²) in [6, 6.07) is 6.29. The standard InChI is InChI=1S/C14H18N2O2/c15-7-14(8-18-9-14)6-10-1-3-12-11(5-10)2-4-13(17)16-12/h1,3,5H,2,4,6-9,15H2,(H,16,17). The number of nitrogens with one attached hydrogen (secondary N) is 1. The van der Waals surface area contributed by atoms with Crippen LogP contribution >= 0.6 is 0 Å². The number of carbonyl (C=O) groups excluding carboxylic acids is 1. The average molecular weight is 246 g/mol. The fraction of sp³-hybridized carbons (Fsp3) is 0.500. The number of aryl methyl sites for hydroxylation is 1. The lowest BCUT2D eigenvalue weighted by molar-refractivity contribution is -0.116. The Labute approximate surface area is 107 Å². The van der Waals surface area contributed by atoms with Gasteiger partial charge < -0.3 is 15.8 Å². The van der Waals surface area contributed by atoms with Crippen LogP contribution in [-0.2, 0) is 22.4 Å². The molecule has 0 aromatic heterocycles. The number of carbonyl (C=O) groups is 1. The molecule has 4 nitrogen and oxygen atoms in total. The summed E-state index contributed by atoms with van der Waals surface area (Å²) in [6.45, 7) is 2.19. The van der Waals surface area contributed by atoms with Crippen LogP contribution in [0.25, 0.3) is 0 Å². The zero-order chi connectivity index (χ0) is 12.6. The Morgan fingerprint density at radius 3 is 2.83 bits per heavy atom. The zero-order valence-corrected chi connectivity index (χ0v) is 10.4. The van der Waals surface area contributed by atoms with Crippen LogP contribution in [-0.4, -0.2) is 25.7 Å². The van der Waals surface area contributed by atoms with Crippen LogP contribution in [0.4, 0.5) is 5.69 Å². The Hall–Kier alpha value is -1.39. The predicted molar refractivity (Wildman–Crippen MR) is 69.4 cm³/mol. The minimum atomic E-state index is 0.112. The molecule has 3 rings (SSSR count). The van der Waals surface area contributed by atoms with Crippen LogP contribution in [0.15, 0.2) is 18.2 Å². The highest BCUT2D eigenvalue weighted by atomic mass is 16.5. The van der Waals surface area contributed by atoms with Crippen LogP contribution in [0.2, 0.25) is 0 Å². The van der Waals surface area contributed by atoms with Gasteiger partial charge in [0.25, 0.3) is 0 Å². The highest BCUT2D eigenvalue weighted by Gasteiger charge is 2.37. The highest BCUT2D eigenvalue weighted by Crippen LogP contribution is 2.32. The smallest absolute Gasteiger partial charge is 0.224 e. The number of rotatable bonds is 3. The molecule has 0 radical (unpaired) electrons. The maximum Gasteiger partial charge on any atom is 0.224 e. The molecular weight excluding hydrogens is 228 g/mol. The fourth-order valence-corrected chi connectivity index (χ4v) is 2.66. The molecule has 1 amide bonds. The number of hydrogen-bond donors (Lipinski definition) is 2. The SMILES string of the molecule is NCC1(Cc2ccc3c(c2)CCC(=O)N3)COC1. The first-order chi connectivity index (χ1) is 8.71. The second-order valence-corrected chi connectivity index (χ2v) is 5.41. The summed E-state index contributed by atoms with van der Waals surface area (Å²) in [5.74, 6) is 0.112. The molecule has 2 aliphatic rings. The Balaban J connectivity index is 1.80. The number of benzene rings is 1. The Morgan fingerprint density at radius 2 is 2.17 bits per heavy atom. The minimum Gasteiger partial charge on any atom is -0.380 e. The molecular formula is C14H18N2O2. The molecule has 0 spiro atoms. The van der Waals surface area contributed by atoms with Gasteiger partial charge in [-0.25, -0.2) is 0 Å². The van der Waals surface area contributed by atoms with Gasteiger partial charge in [0, 0.05) is 24.1 Å². The Kier molecular flexibility index (Phi) is 2.84. The van der Waals surface area contributed by atoms with Gasteiger partial charge in [-0.3, -0.25) is 4.79 Å². The van der Waals surface area contributed by atoms with Crippen molar-refractivity contribution in [3.63, 3.8) is 0 Å². The first-order valence-electron chi connectivity index (χ1n) is 6.40. The molecule has 2 heterocycles. The minimum absolute atomic E-state index is 0.112. The van der Waals surface area contributed by atoms with E-state index < -0.39 is 0 Å². The number of ether oxygens (including phenoxy) is 1.